The third kappa shape index (κ3) is 2.85. The van der Waals surface area contributed by atoms with Gasteiger partial charge >= 0.3 is 0 Å². The maximum atomic E-state index is 6.69. The van der Waals surface area contributed by atoms with Gasteiger partial charge in [0.25, 0.3) is 0 Å². The molecule has 0 bridgehead atoms. The van der Waals surface area contributed by atoms with Crippen molar-refractivity contribution in [1.82, 2.24) is 4.90 Å². The zero-order chi connectivity index (χ0) is 13.9. The van der Waals surface area contributed by atoms with Crippen LogP contribution >= 0.6 is 0 Å². The molecule has 1 fully saturated rings. The zero-order valence-electron chi connectivity index (χ0n) is 12.7. The van der Waals surface area contributed by atoms with E-state index in [9.17, 15) is 0 Å². The van der Waals surface area contributed by atoms with E-state index in [0.29, 0.717) is 0 Å². The molecular weight excluding hydrogens is 232 g/mol. The Morgan fingerprint density at radius 1 is 1.21 bits per heavy atom. The molecule has 0 heterocycles. The summed E-state index contributed by atoms with van der Waals surface area (Å²) in [6.45, 7) is 2.20. The van der Waals surface area contributed by atoms with Crippen LogP contribution in [0.2, 0.25) is 0 Å². The lowest BCUT2D eigenvalue weighted by Crippen LogP contribution is -2.53. The van der Waals surface area contributed by atoms with Gasteiger partial charge in [0.2, 0.25) is 0 Å². The number of nitrogens with two attached hydrogens (primary N) is 1. The molecule has 1 aromatic carbocycles. The molecule has 0 amide bonds. The number of rotatable bonds is 4. The van der Waals surface area contributed by atoms with Crippen molar-refractivity contribution < 1.29 is 0 Å². The van der Waals surface area contributed by atoms with Crippen molar-refractivity contribution in [2.75, 3.05) is 14.1 Å². The second-order valence-electron chi connectivity index (χ2n) is 6.13. The molecule has 0 saturated heterocycles. The minimum atomic E-state index is 0.120. The molecular formula is C17H28N2. The smallest absolute Gasteiger partial charge is 0.0482 e. The maximum Gasteiger partial charge on any atom is 0.0482 e. The summed E-state index contributed by atoms with van der Waals surface area (Å²) in [5.74, 6) is 0. The monoisotopic (exact) mass is 260 g/mol. The van der Waals surface area contributed by atoms with Crippen molar-refractivity contribution in [3.8, 4) is 0 Å². The van der Waals surface area contributed by atoms with Gasteiger partial charge in [0, 0.05) is 11.6 Å². The molecule has 2 N–H and O–H groups in total. The van der Waals surface area contributed by atoms with Crippen LogP contribution in [0.25, 0.3) is 0 Å². The predicted molar refractivity (Wildman–Crippen MR) is 82.3 cm³/mol. The van der Waals surface area contributed by atoms with Gasteiger partial charge in [-0.2, -0.15) is 0 Å². The first kappa shape index (κ1) is 14.5. The van der Waals surface area contributed by atoms with Crippen LogP contribution in [0.15, 0.2) is 24.3 Å². The number of hydrogen-bond donors (Lipinski definition) is 1. The third-order valence-corrected chi connectivity index (χ3v) is 4.91. The molecule has 1 atom stereocenters. The Balaban J connectivity index is 2.30. The van der Waals surface area contributed by atoms with Gasteiger partial charge in [-0.3, -0.25) is 0 Å². The topological polar surface area (TPSA) is 29.3 Å². The van der Waals surface area contributed by atoms with E-state index in [1.807, 2.05) is 0 Å². The molecule has 2 rings (SSSR count). The lowest BCUT2D eigenvalue weighted by Gasteiger charge is -2.47. The fourth-order valence-corrected chi connectivity index (χ4v) is 3.52. The Hall–Kier alpha value is -0.860. The molecule has 1 unspecified atom stereocenters. The van der Waals surface area contributed by atoms with Crippen molar-refractivity contribution in [2.45, 2.75) is 57.0 Å². The first-order chi connectivity index (χ1) is 9.10. The van der Waals surface area contributed by atoms with Crippen LogP contribution in [-0.2, 0) is 6.42 Å². The van der Waals surface area contributed by atoms with Gasteiger partial charge < -0.3 is 10.6 Å². The molecule has 1 saturated carbocycles. The average Bonchev–Trinajstić information content (AvgIpc) is 2.47. The Kier molecular flexibility index (Phi) is 4.64. The van der Waals surface area contributed by atoms with Crippen molar-refractivity contribution >= 4 is 0 Å². The molecule has 1 aliphatic rings. The molecule has 0 radical (unpaired) electrons. The number of benzene rings is 1. The Morgan fingerprint density at radius 3 is 2.47 bits per heavy atom. The van der Waals surface area contributed by atoms with Crippen LogP contribution in [0.1, 0.15) is 56.2 Å². The number of likely N-dealkylation sites (N-methyl/N-ethyl adjacent to an activating group) is 1. The van der Waals surface area contributed by atoms with Crippen LogP contribution < -0.4 is 5.73 Å². The highest BCUT2D eigenvalue weighted by molar-refractivity contribution is 5.28. The molecule has 106 valence electrons. The number of aryl methyl sites for hydroxylation is 1. The quantitative estimate of drug-likeness (QED) is 0.897. The van der Waals surface area contributed by atoms with Crippen molar-refractivity contribution in [2.24, 2.45) is 5.73 Å². The highest BCUT2D eigenvalue weighted by Gasteiger charge is 2.40. The van der Waals surface area contributed by atoms with E-state index in [1.165, 1.54) is 43.2 Å². The van der Waals surface area contributed by atoms with Crippen LogP contribution in [0.5, 0.6) is 0 Å². The van der Waals surface area contributed by atoms with E-state index in [1.54, 1.807) is 0 Å². The average molecular weight is 260 g/mol. The lowest BCUT2D eigenvalue weighted by molar-refractivity contribution is 0.0713. The maximum absolute atomic E-state index is 6.69. The standard InChI is InChI=1S/C17H28N2/c1-4-14-9-8-10-15(13-14)16(18)17(19(2)3)11-6-5-7-12-17/h8-10,13,16H,4-7,11-12,18H2,1-3H3. The third-order valence-electron chi connectivity index (χ3n) is 4.91. The minimum Gasteiger partial charge on any atom is -0.322 e. The molecule has 19 heavy (non-hydrogen) atoms. The molecule has 1 aliphatic carbocycles. The van der Waals surface area contributed by atoms with Gasteiger partial charge in [0.05, 0.1) is 0 Å². The molecule has 0 aromatic heterocycles. The molecule has 0 spiro atoms. The molecule has 2 heteroatoms. The summed E-state index contributed by atoms with van der Waals surface area (Å²) in [5, 5.41) is 0. The van der Waals surface area contributed by atoms with E-state index in [-0.39, 0.29) is 11.6 Å². The van der Waals surface area contributed by atoms with Gasteiger partial charge in [-0.1, -0.05) is 50.5 Å². The highest BCUT2D eigenvalue weighted by Crippen LogP contribution is 2.40. The second kappa shape index (κ2) is 6.06. The number of hydrogen-bond acceptors (Lipinski definition) is 2. The predicted octanol–water partition coefficient (Wildman–Crippen LogP) is 3.51. The van der Waals surface area contributed by atoms with Crippen molar-refractivity contribution in [3.63, 3.8) is 0 Å². The summed E-state index contributed by atoms with van der Waals surface area (Å²) in [7, 11) is 4.38. The minimum absolute atomic E-state index is 0.120. The summed E-state index contributed by atoms with van der Waals surface area (Å²) in [4.78, 5) is 2.37. The van der Waals surface area contributed by atoms with E-state index in [4.69, 9.17) is 5.73 Å². The van der Waals surface area contributed by atoms with Crippen LogP contribution in [-0.4, -0.2) is 24.5 Å². The van der Waals surface area contributed by atoms with E-state index in [2.05, 4.69) is 50.2 Å². The summed E-state index contributed by atoms with van der Waals surface area (Å²) in [6, 6.07) is 8.96. The summed E-state index contributed by atoms with van der Waals surface area (Å²) in [5.41, 5.74) is 9.52. The fraction of sp³-hybridized carbons (Fsp3) is 0.647. The van der Waals surface area contributed by atoms with Crippen LogP contribution in [0.4, 0.5) is 0 Å². The van der Waals surface area contributed by atoms with Crippen LogP contribution in [0.3, 0.4) is 0 Å². The largest absolute Gasteiger partial charge is 0.322 e. The first-order valence-electron chi connectivity index (χ1n) is 7.62. The van der Waals surface area contributed by atoms with E-state index < -0.39 is 0 Å². The van der Waals surface area contributed by atoms with Gasteiger partial charge in [0.15, 0.2) is 0 Å². The molecule has 2 nitrogen and oxygen atoms in total. The lowest BCUT2D eigenvalue weighted by atomic mass is 9.73. The van der Waals surface area contributed by atoms with Crippen molar-refractivity contribution in [1.29, 1.82) is 0 Å². The summed E-state index contributed by atoms with van der Waals surface area (Å²) >= 11 is 0. The zero-order valence-corrected chi connectivity index (χ0v) is 12.7. The summed E-state index contributed by atoms with van der Waals surface area (Å²) < 4.78 is 0. The SMILES string of the molecule is CCc1cccc(C(N)C2(N(C)C)CCCCC2)c1. The van der Waals surface area contributed by atoms with Gasteiger partial charge in [0.1, 0.15) is 0 Å². The van der Waals surface area contributed by atoms with Gasteiger partial charge in [-0.15, -0.1) is 0 Å². The first-order valence-corrected chi connectivity index (χ1v) is 7.62. The van der Waals surface area contributed by atoms with Gasteiger partial charge in [-0.25, -0.2) is 0 Å². The van der Waals surface area contributed by atoms with Crippen LogP contribution in [0, 0.1) is 0 Å². The van der Waals surface area contributed by atoms with E-state index >= 15 is 0 Å². The Morgan fingerprint density at radius 2 is 1.89 bits per heavy atom. The highest BCUT2D eigenvalue weighted by atomic mass is 15.2. The molecule has 1 aromatic rings. The Bertz CT molecular complexity index is 405. The number of nitrogens with zero attached hydrogens (tertiary/aromatic N) is 1. The second-order valence-corrected chi connectivity index (χ2v) is 6.13. The normalized spacial score (nSPS) is 20.5. The van der Waals surface area contributed by atoms with Gasteiger partial charge in [-0.05, 0) is 44.5 Å². The molecule has 0 aliphatic heterocycles. The Labute approximate surface area is 118 Å². The van der Waals surface area contributed by atoms with E-state index in [0.717, 1.165) is 6.42 Å². The summed E-state index contributed by atoms with van der Waals surface area (Å²) in [6.07, 6.45) is 7.49. The fourth-order valence-electron chi connectivity index (χ4n) is 3.52. The van der Waals surface area contributed by atoms with Crippen molar-refractivity contribution in [3.05, 3.63) is 35.4 Å².